The summed E-state index contributed by atoms with van der Waals surface area (Å²) in [5, 5.41) is 0. The van der Waals surface area contributed by atoms with E-state index in [4.69, 9.17) is 11.6 Å². The van der Waals surface area contributed by atoms with Gasteiger partial charge in [0.15, 0.2) is 6.29 Å². The monoisotopic (exact) mass is 331 g/mol. The van der Waals surface area contributed by atoms with E-state index in [1.165, 1.54) is 6.20 Å². The van der Waals surface area contributed by atoms with Gasteiger partial charge in [0.25, 0.3) is 6.43 Å². The zero-order valence-electron chi connectivity index (χ0n) is 6.81. The Balaban J connectivity index is 3.40. The molecule has 0 saturated heterocycles. The Bertz CT molecular complexity index is 359. The number of nitrogens with zero attached hydrogens (tertiary/aromatic N) is 1. The first-order chi connectivity index (χ1) is 6.61. The molecular formula is C8H5ClF2INO. The van der Waals surface area contributed by atoms with Crippen LogP contribution in [0.5, 0.6) is 0 Å². The van der Waals surface area contributed by atoms with E-state index in [2.05, 4.69) is 4.98 Å². The molecule has 1 aromatic rings. The lowest BCUT2D eigenvalue weighted by molar-refractivity contribution is 0.110. The van der Waals surface area contributed by atoms with E-state index >= 15 is 0 Å². The summed E-state index contributed by atoms with van der Waals surface area (Å²) < 4.78 is 25.4. The molecule has 2 nitrogen and oxygen atoms in total. The van der Waals surface area contributed by atoms with Crippen LogP contribution in [0.25, 0.3) is 0 Å². The zero-order valence-corrected chi connectivity index (χ0v) is 9.72. The Morgan fingerprint density at radius 3 is 2.71 bits per heavy atom. The number of aldehydes is 1. The maximum absolute atomic E-state index is 12.4. The van der Waals surface area contributed by atoms with Crippen LogP contribution in [-0.4, -0.2) is 11.3 Å². The highest BCUT2D eigenvalue weighted by Gasteiger charge is 2.18. The number of halogens is 4. The quantitative estimate of drug-likeness (QED) is 0.484. The molecule has 1 rings (SSSR count). The summed E-state index contributed by atoms with van der Waals surface area (Å²) in [6, 6.07) is 0. The molecule has 0 amide bonds. The lowest BCUT2D eigenvalue weighted by Crippen LogP contribution is -2.04. The highest BCUT2D eigenvalue weighted by molar-refractivity contribution is 14.1. The van der Waals surface area contributed by atoms with Crippen LogP contribution in [-0.2, 0) is 5.88 Å². The molecule has 0 radical (unpaired) electrons. The van der Waals surface area contributed by atoms with Crippen LogP contribution in [0.3, 0.4) is 0 Å². The van der Waals surface area contributed by atoms with Crippen molar-refractivity contribution < 1.29 is 13.6 Å². The van der Waals surface area contributed by atoms with Gasteiger partial charge in [-0.05, 0) is 28.2 Å². The fraction of sp³-hybridized carbons (Fsp3) is 0.250. The zero-order chi connectivity index (χ0) is 10.7. The first kappa shape index (κ1) is 11.8. The molecule has 6 heteroatoms. The van der Waals surface area contributed by atoms with Gasteiger partial charge in [-0.25, -0.2) is 8.78 Å². The summed E-state index contributed by atoms with van der Waals surface area (Å²) in [7, 11) is 0. The van der Waals surface area contributed by atoms with E-state index in [0.29, 0.717) is 15.4 Å². The molecule has 0 atom stereocenters. The van der Waals surface area contributed by atoms with Crippen LogP contribution in [0.4, 0.5) is 8.78 Å². The van der Waals surface area contributed by atoms with Gasteiger partial charge in [-0.15, -0.1) is 11.6 Å². The standard InChI is InChI=1S/C8H5ClF2INO/c9-1-4-5(3-14)7(8(10)11)13-2-6(4)12/h2-3,8H,1H2. The second-order valence-electron chi connectivity index (χ2n) is 2.44. The van der Waals surface area contributed by atoms with Gasteiger partial charge in [0.1, 0.15) is 5.69 Å². The number of rotatable bonds is 3. The molecule has 0 N–H and O–H groups in total. The minimum Gasteiger partial charge on any atom is -0.298 e. The third-order valence-electron chi connectivity index (χ3n) is 1.66. The van der Waals surface area contributed by atoms with Gasteiger partial charge in [0.2, 0.25) is 0 Å². The van der Waals surface area contributed by atoms with Gasteiger partial charge < -0.3 is 0 Å². The Hall–Kier alpha value is -0.300. The molecule has 0 fully saturated rings. The maximum Gasteiger partial charge on any atom is 0.281 e. The van der Waals surface area contributed by atoms with Crippen molar-refractivity contribution in [3.8, 4) is 0 Å². The van der Waals surface area contributed by atoms with E-state index in [1.54, 1.807) is 0 Å². The summed E-state index contributed by atoms with van der Waals surface area (Å²) in [5.74, 6) is 0.0224. The smallest absolute Gasteiger partial charge is 0.281 e. The van der Waals surface area contributed by atoms with Crippen molar-refractivity contribution in [3.05, 3.63) is 26.6 Å². The summed E-state index contributed by atoms with van der Waals surface area (Å²) in [6.45, 7) is 0. The minimum absolute atomic E-state index is 0.0224. The van der Waals surface area contributed by atoms with Crippen molar-refractivity contribution in [2.24, 2.45) is 0 Å². The lowest BCUT2D eigenvalue weighted by Gasteiger charge is -2.08. The first-order valence-corrected chi connectivity index (χ1v) is 5.19. The number of alkyl halides is 3. The van der Waals surface area contributed by atoms with Crippen molar-refractivity contribution in [2.45, 2.75) is 12.3 Å². The molecule has 0 aromatic carbocycles. The van der Waals surface area contributed by atoms with Gasteiger partial charge in [-0.2, -0.15) is 0 Å². The fourth-order valence-electron chi connectivity index (χ4n) is 0.998. The topological polar surface area (TPSA) is 30.0 Å². The lowest BCUT2D eigenvalue weighted by atomic mass is 10.1. The highest BCUT2D eigenvalue weighted by Crippen LogP contribution is 2.26. The molecule has 76 valence electrons. The average Bonchev–Trinajstić information content (AvgIpc) is 2.16. The molecule has 0 aliphatic rings. The molecule has 0 saturated carbocycles. The van der Waals surface area contributed by atoms with Gasteiger partial charge in [0, 0.05) is 21.2 Å². The number of pyridine rings is 1. The van der Waals surface area contributed by atoms with Gasteiger partial charge >= 0.3 is 0 Å². The molecule has 0 spiro atoms. The number of carbonyl (C=O) groups excluding carboxylic acids is 1. The summed E-state index contributed by atoms with van der Waals surface area (Å²) >= 11 is 7.46. The summed E-state index contributed by atoms with van der Waals surface area (Å²) in [5.41, 5.74) is -0.189. The molecular weight excluding hydrogens is 326 g/mol. The molecule has 0 aliphatic carbocycles. The van der Waals surface area contributed by atoms with Crippen molar-refractivity contribution in [2.75, 3.05) is 0 Å². The number of carbonyl (C=O) groups is 1. The summed E-state index contributed by atoms with van der Waals surface area (Å²) in [6.07, 6.45) is -1.10. The van der Waals surface area contributed by atoms with Gasteiger partial charge in [0.05, 0.1) is 0 Å². The molecule has 0 unspecified atom stereocenters. The molecule has 1 heterocycles. The van der Waals surface area contributed by atoms with Crippen LogP contribution in [0, 0.1) is 3.57 Å². The average molecular weight is 331 g/mol. The predicted molar refractivity (Wildman–Crippen MR) is 56.9 cm³/mol. The van der Waals surface area contributed by atoms with E-state index < -0.39 is 12.1 Å². The molecule has 0 aliphatic heterocycles. The fourth-order valence-corrected chi connectivity index (χ4v) is 2.13. The maximum atomic E-state index is 12.4. The van der Waals surface area contributed by atoms with Crippen molar-refractivity contribution in [1.29, 1.82) is 0 Å². The van der Waals surface area contributed by atoms with E-state index in [-0.39, 0.29) is 11.4 Å². The number of hydrogen-bond donors (Lipinski definition) is 0. The Labute approximate surface area is 97.8 Å². The normalized spacial score (nSPS) is 10.6. The van der Waals surface area contributed by atoms with E-state index in [0.717, 1.165) is 0 Å². The van der Waals surface area contributed by atoms with Crippen molar-refractivity contribution in [3.63, 3.8) is 0 Å². The van der Waals surface area contributed by atoms with Crippen molar-refractivity contribution in [1.82, 2.24) is 4.98 Å². The Morgan fingerprint density at radius 1 is 1.64 bits per heavy atom. The third-order valence-corrected chi connectivity index (χ3v) is 2.86. The predicted octanol–water partition coefficient (Wildman–Crippen LogP) is 3.18. The number of aromatic nitrogens is 1. The van der Waals surface area contributed by atoms with Crippen LogP contribution < -0.4 is 0 Å². The summed E-state index contributed by atoms with van der Waals surface area (Å²) in [4.78, 5) is 14.1. The van der Waals surface area contributed by atoms with Gasteiger partial charge in [-0.3, -0.25) is 9.78 Å². The van der Waals surface area contributed by atoms with E-state index in [9.17, 15) is 13.6 Å². The van der Waals surface area contributed by atoms with Gasteiger partial charge in [-0.1, -0.05) is 0 Å². The number of hydrogen-bond acceptors (Lipinski definition) is 2. The Morgan fingerprint density at radius 2 is 2.29 bits per heavy atom. The second kappa shape index (κ2) is 4.97. The van der Waals surface area contributed by atoms with E-state index in [1.807, 2.05) is 22.6 Å². The second-order valence-corrected chi connectivity index (χ2v) is 3.87. The van der Waals surface area contributed by atoms with Crippen LogP contribution >= 0.6 is 34.2 Å². The van der Waals surface area contributed by atoms with Crippen molar-refractivity contribution >= 4 is 40.5 Å². The van der Waals surface area contributed by atoms with Crippen LogP contribution in [0.2, 0.25) is 0 Å². The third kappa shape index (κ3) is 2.20. The molecule has 1 aromatic heterocycles. The van der Waals surface area contributed by atoms with Crippen LogP contribution in [0.15, 0.2) is 6.20 Å². The SMILES string of the molecule is O=Cc1c(C(F)F)ncc(I)c1CCl. The minimum atomic E-state index is -2.76. The highest BCUT2D eigenvalue weighted by atomic mass is 127. The van der Waals surface area contributed by atoms with Crippen LogP contribution in [0.1, 0.15) is 28.0 Å². The molecule has 14 heavy (non-hydrogen) atoms. The first-order valence-electron chi connectivity index (χ1n) is 3.58. The molecule has 0 bridgehead atoms. The largest absolute Gasteiger partial charge is 0.298 e. The Kier molecular flexibility index (Phi) is 4.18.